The molecular weight excluding hydrogens is 216 g/mol. The van der Waals surface area contributed by atoms with Crippen LogP contribution in [0.5, 0.6) is 0 Å². The molecule has 0 atom stereocenters. The van der Waals surface area contributed by atoms with E-state index in [9.17, 15) is 14.4 Å². The van der Waals surface area contributed by atoms with Gasteiger partial charge < -0.3 is 10.8 Å². The highest BCUT2D eigenvalue weighted by Gasteiger charge is 2.25. The van der Waals surface area contributed by atoms with Crippen LogP contribution in [0.4, 0.5) is 0 Å². The molecule has 0 aliphatic heterocycles. The number of carboxylic acid groups (broad SMARTS) is 1. The van der Waals surface area contributed by atoms with Crippen molar-refractivity contribution in [3.63, 3.8) is 0 Å². The molecule has 0 aliphatic carbocycles. The third-order valence-corrected chi connectivity index (χ3v) is 1.67. The van der Waals surface area contributed by atoms with E-state index < -0.39 is 29.8 Å². The second kappa shape index (κ2) is 6.06. The quantitative estimate of drug-likeness (QED) is 0.507. The summed E-state index contributed by atoms with van der Waals surface area (Å²) in [5.41, 5.74) is 6.11. The summed E-state index contributed by atoms with van der Waals surface area (Å²) < 4.78 is 0. The van der Waals surface area contributed by atoms with E-state index in [1.54, 1.807) is 13.8 Å². The van der Waals surface area contributed by atoms with E-state index in [-0.39, 0.29) is 12.8 Å². The van der Waals surface area contributed by atoms with Crippen LogP contribution in [0.2, 0.25) is 0 Å². The Morgan fingerprint density at radius 2 is 1.88 bits per heavy atom. The number of aliphatic carboxylic acids is 1. The minimum Gasteiger partial charge on any atom is -0.481 e. The third-order valence-electron chi connectivity index (χ3n) is 1.67. The third kappa shape index (κ3) is 7.74. The van der Waals surface area contributed by atoms with Gasteiger partial charge in [0.25, 0.3) is 0 Å². The first kappa shape index (κ1) is 14.4. The van der Waals surface area contributed by atoms with Crippen molar-refractivity contribution in [2.45, 2.75) is 26.7 Å². The molecule has 0 saturated heterocycles. The Morgan fingerprint density at radius 3 is 2.31 bits per heavy atom. The van der Waals surface area contributed by atoms with E-state index in [1.807, 2.05) is 5.48 Å². The fourth-order valence-electron chi connectivity index (χ4n) is 1.13. The van der Waals surface area contributed by atoms with Crippen molar-refractivity contribution in [3.8, 4) is 0 Å². The summed E-state index contributed by atoms with van der Waals surface area (Å²) in [4.78, 5) is 36.5. The van der Waals surface area contributed by atoms with Crippen LogP contribution in [0, 0.1) is 5.41 Å². The average Bonchev–Trinajstić information content (AvgIpc) is 1.98. The van der Waals surface area contributed by atoms with Gasteiger partial charge in [-0.05, 0) is 5.41 Å². The molecule has 0 spiro atoms. The van der Waals surface area contributed by atoms with Crippen molar-refractivity contribution in [2.24, 2.45) is 11.1 Å². The topological polar surface area (TPSA) is 119 Å². The molecule has 0 radical (unpaired) electrons. The van der Waals surface area contributed by atoms with Gasteiger partial charge >= 0.3 is 5.97 Å². The number of primary amides is 1. The SMILES string of the molecule is CC(C)(CC(=O)O)CC(=O)NOCC(N)=O. The fourth-order valence-corrected chi connectivity index (χ4v) is 1.13. The highest BCUT2D eigenvalue weighted by molar-refractivity contribution is 5.78. The Labute approximate surface area is 92.9 Å². The number of carbonyl (C=O) groups is 3. The predicted molar refractivity (Wildman–Crippen MR) is 53.9 cm³/mol. The molecule has 0 unspecified atom stereocenters. The van der Waals surface area contributed by atoms with Crippen molar-refractivity contribution < 1.29 is 24.3 Å². The van der Waals surface area contributed by atoms with Gasteiger partial charge in [-0.15, -0.1) is 0 Å². The number of nitrogens with two attached hydrogens (primary N) is 1. The van der Waals surface area contributed by atoms with Crippen molar-refractivity contribution in [1.82, 2.24) is 5.48 Å². The summed E-state index contributed by atoms with van der Waals surface area (Å²) in [7, 11) is 0. The minimum atomic E-state index is -0.976. The summed E-state index contributed by atoms with van der Waals surface area (Å²) in [5.74, 6) is -2.17. The van der Waals surface area contributed by atoms with Gasteiger partial charge in [0, 0.05) is 6.42 Å². The van der Waals surface area contributed by atoms with Crippen LogP contribution < -0.4 is 11.2 Å². The van der Waals surface area contributed by atoms with E-state index in [2.05, 4.69) is 4.84 Å². The van der Waals surface area contributed by atoms with Crippen LogP contribution in [0.1, 0.15) is 26.7 Å². The van der Waals surface area contributed by atoms with Gasteiger partial charge in [-0.25, -0.2) is 5.48 Å². The highest BCUT2D eigenvalue weighted by atomic mass is 16.7. The summed E-state index contributed by atoms with van der Waals surface area (Å²) in [6, 6.07) is 0. The zero-order valence-electron chi connectivity index (χ0n) is 9.28. The molecule has 4 N–H and O–H groups in total. The molecule has 2 amide bonds. The number of nitrogens with one attached hydrogen (secondary N) is 1. The monoisotopic (exact) mass is 232 g/mol. The maximum absolute atomic E-state index is 11.2. The minimum absolute atomic E-state index is 0.0158. The van der Waals surface area contributed by atoms with Gasteiger partial charge in [0.2, 0.25) is 11.8 Å². The number of hydroxylamine groups is 1. The standard InChI is InChI=1S/C9H16N2O5/c1-9(2,4-8(14)15)3-7(13)11-16-5-6(10)12/h3-5H2,1-2H3,(H2,10,12)(H,11,13)(H,14,15). The maximum atomic E-state index is 11.2. The van der Waals surface area contributed by atoms with Gasteiger partial charge in [-0.1, -0.05) is 13.8 Å². The Bertz CT molecular complexity index is 288. The molecule has 0 heterocycles. The van der Waals surface area contributed by atoms with Gasteiger partial charge in [0.15, 0.2) is 6.61 Å². The van der Waals surface area contributed by atoms with E-state index >= 15 is 0 Å². The summed E-state index contributed by atoms with van der Waals surface area (Å²) >= 11 is 0. The molecule has 0 rings (SSSR count). The zero-order valence-corrected chi connectivity index (χ0v) is 9.28. The Hall–Kier alpha value is -1.63. The normalized spacial score (nSPS) is 10.9. The molecule has 7 heteroatoms. The molecule has 92 valence electrons. The molecule has 0 fully saturated rings. The number of rotatable bonds is 7. The lowest BCUT2D eigenvalue weighted by atomic mass is 9.85. The van der Waals surface area contributed by atoms with Crippen LogP contribution in [-0.2, 0) is 19.2 Å². The van der Waals surface area contributed by atoms with Gasteiger partial charge in [-0.2, -0.15) is 0 Å². The second-order valence-corrected chi connectivity index (χ2v) is 4.19. The van der Waals surface area contributed by atoms with Crippen LogP contribution in [0.15, 0.2) is 0 Å². The Balaban J connectivity index is 3.94. The Morgan fingerprint density at radius 1 is 1.31 bits per heavy atom. The molecule has 7 nitrogen and oxygen atoms in total. The summed E-state index contributed by atoms with van der Waals surface area (Å²) in [5, 5.41) is 8.59. The lowest BCUT2D eigenvalue weighted by Gasteiger charge is -2.21. The molecule has 16 heavy (non-hydrogen) atoms. The number of hydrogen-bond donors (Lipinski definition) is 3. The van der Waals surface area contributed by atoms with Crippen molar-refractivity contribution in [1.29, 1.82) is 0 Å². The van der Waals surface area contributed by atoms with E-state index in [0.29, 0.717) is 0 Å². The van der Waals surface area contributed by atoms with E-state index in [1.165, 1.54) is 0 Å². The smallest absolute Gasteiger partial charge is 0.303 e. The number of hydrogen-bond acceptors (Lipinski definition) is 4. The highest BCUT2D eigenvalue weighted by Crippen LogP contribution is 2.24. The Kier molecular flexibility index (Phi) is 5.44. The van der Waals surface area contributed by atoms with Gasteiger partial charge in [-0.3, -0.25) is 19.2 Å². The summed E-state index contributed by atoms with van der Waals surface area (Å²) in [6.45, 7) is 2.88. The molecule has 0 bridgehead atoms. The van der Waals surface area contributed by atoms with Crippen LogP contribution in [0.25, 0.3) is 0 Å². The van der Waals surface area contributed by atoms with Crippen LogP contribution in [0.3, 0.4) is 0 Å². The number of amides is 2. The lowest BCUT2D eigenvalue weighted by Crippen LogP contribution is -2.33. The molecule has 0 aliphatic rings. The van der Waals surface area contributed by atoms with Crippen molar-refractivity contribution in [2.75, 3.05) is 6.61 Å². The molecule has 0 aromatic rings. The van der Waals surface area contributed by atoms with Crippen molar-refractivity contribution >= 4 is 17.8 Å². The molecule has 0 aromatic carbocycles. The van der Waals surface area contributed by atoms with Crippen LogP contribution >= 0.6 is 0 Å². The first-order valence-electron chi connectivity index (χ1n) is 4.64. The van der Waals surface area contributed by atoms with E-state index in [0.717, 1.165) is 0 Å². The van der Waals surface area contributed by atoms with Crippen LogP contribution in [-0.4, -0.2) is 29.5 Å². The summed E-state index contributed by atoms with van der Waals surface area (Å²) in [6.07, 6.45) is -0.145. The maximum Gasteiger partial charge on any atom is 0.303 e. The zero-order chi connectivity index (χ0) is 12.8. The molecular formula is C9H16N2O5. The molecule has 0 aromatic heterocycles. The van der Waals surface area contributed by atoms with Gasteiger partial charge in [0.1, 0.15) is 0 Å². The van der Waals surface area contributed by atoms with E-state index in [4.69, 9.17) is 10.8 Å². The fraction of sp³-hybridized carbons (Fsp3) is 0.667. The largest absolute Gasteiger partial charge is 0.481 e. The van der Waals surface area contributed by atoms with Crippen molar-refractivity contribution in [3.05, 3.63) is 0 Å². The average molecular weight is 232 g/mol. The number of carboxylic acids is 1. The first-order chi connectivity index (χ1) is 7.23. The lowest BCUT2D eigenvalue weighted by molar-refractivity contribution is -0.142. The van der Waals surface area contributed by atoms with Gasteiger partial charge in [0.05, 0.1) is 6.42 Å². The predicted octanol–water partition coefficient (Wildman–Crippen LogP) is -0.589. The second-order valence-electron chi connectivity index (χ2n) is 4.19. The number of carbonyl (C=O) groups excluding carboxylic acids is 2. The first-order valence-corrected chi connectivity index (χ1v) is 4.64. The molecule has 0 saturated carbocycles.